The molecule has 0 spiro atoms. The summed E-state index contributed by atoms with van der Waals surface area (Å²) in [5.74, 6) is 0.713. The molecule has 0 saturated heterocycles. The monoisotopic (exact) mass is 245 g/mol. The average molecular weight is 245 g/mol. The lowest BCUT2D eigenvalue weighted by Crippen LogP contribution is -2.46. The summed E-state index contributed by atoms with van der Waals surface area (Å²) < 4.78 is 9.77. The van der Waals surface area contributed by atoms with Gasteiger partial charge in [0.2, 0.25) is 5.89 Å². The van der Waals surface area contributed by atoms with Crippen molar-refractivity contribution in [3.63, 3.8) is 0 Å². The number of nitrogens with zero attached hydrogens (tertiary/aromatic N) is 2. The Labute approximate surface area is 97.9 Å². The highest BCUT2D eigenvalue weighted by atomic mass is 32.2. The molecule has 7 heteroatoms. The zero-order valence-electron chi connectivity index (χ0n) is 9.52. The van der Waals surface area contributed by atoms with E-state index >= 15 is 0 Å². The van der Waals surface area contributed by atoms with Crippen molar-refractivity contribution < 1.29 is 13.9 Å². The SMILES string of the molecule is COC(=O)C(C)(N)CCSc1nnc(C)o1. The van der Waals surface area contributed by atoms with E-state index in [1.165, 1.54) is 18.9 Å². The predicted octanol–water partition coefficient (Wildman–Crippen LogP) is 0.751. The van der Waals surface area contributed by atoms with E-state index in [0.717, 1.165) is 0 Å². The fraction of sp³-hybridized carbons (Fsp3) is 0.667. The van der Waals surface area contributed by atoms with Crippen molar-refractivity contribution in [2.45, 2.75) is 31.0 Å². The van der Waals surface area contributed by atoms with Crippen LogP contribution in [0, 0.1) is 6.92 Å². The van der Waals surface area contributed by atoms with Gasteiger partial charge in [-0.25, -0.2) is 0 Å². The molecule has 0 saturated carbocycles. The molecule has 1 aromatic heterocycles. The standard InChI is InChI=1S/C9H15N3O3S/c1-6-11-12-8(15-6)16-5-4-9(2,10)7(13)14-3/h4-5,10H2,1-3H3. The van der Waals surface area contributed by atoms with E-state index in [0.29, 0.717) is 23.3 Å². The first-order valence-corrected chi connectivity index (χ1v) is 5.74. The Balaban J connectivity index is 2.38. The van der Waals surface area contributed by atoms with Gasteiger partial charge in [-0.3, -0.25) is 4.79 Å². The van der Waals surface area contributed by atoms with Crippen molar-refractivity contribution in [3.8, 4) is 0 Å². The van der Waals surface area contributed by atoms with Crippen molar-refractivity contribution in [3.05, 3.63) is 5.89 Å². The van der Waals surface area contributed by atoms with Crippen molar-refractivity contribution in [2.24, 2.45) is 5.73 Å². The lowest BCUT2D eigenvalue weighted by Gasteiger charge is -2.20. The minimum Gasteiger partial charge on any atom is -0.468 e. The average Bonchev–Trinajstić information content (AvgIpc) is 2.62. The van der Waals surface area contributed by atoms with Crippen LogP contribution in [0.15, 0.2) is 9.64 Å². The smallest absolute Gasteiger partial charge is 0.325 e. The predicted molar refractivity (Wildman–Crippen MR) is 59.0 cm³/mol. The molecule has 0 bridgehead atoms. The van der Waals surface area contributed by atoms with Crippen LogP contribution in [0.1, 0.15) is 19.2 Å². The highest BCUT2D eigenvalue weighted by Crippen LogP contribution is 2.20. The van der Waals surface area contributed by atoms with Gasteiger partial charge in [-0.05, 0) is 13.3 Å². The minimum atomic E-state index is -0.975. The zero-order chi connectivity index (χ0) is 12.2. The second-order valence-electron chi connectivity index (χ2n) is 3.59. The molecule has 0 aliphatic carbocycles. The molecular weight excluding hydrogens is 230 g/mol. The molecule has 0 amide bonds. The number of methoxy groups -OCH3 is 1. The van der Waals surface area contributed by atoms with Gasteiger partial charge in [0, 0.05) is 12.7 Å². The molecule has 6 nitrogen and oxygen atoms in total. The maximum Gasteiger partial charge on any atom is 0.325 e. The number of hydrogen-bond donors (Lipinski definition) is 1. The van der Waals surface area contributed by atoms with Gasteiger partial charge in [0.25, 0.3) is 5.22 Å². The largest absolute Gasteiger partial charge is 0.468 e. The fourth-order valence-electron chi connectivity index (χ4n) is 1.02. The van der Waals surface area contributed by atoms with E-state index in [9.17, 15) is 4.79 Å². The number of thioether (sulfide) groups is 1. The highest BCUT2D eigenvalue weighted by Gasteiger charge is 2.29. The Morgan fingerprint density at radius 3 is 2.81 bits per heavy atom. The number of rotatable bonds is 5. The molecule has 0 aliphatic rings. The van der Waals surface area contributed by atoms with E-state index in [2.05, 4.69) is 14.9 Å². The molecule has 0 fully saturated rings. The third kappa shape index (κ3) is 3.49. The highest BCUT2D eigenvalue weighted by molar-refractivity contribution is 7.99. The van der Waals surface area contributed by atoms with Gasteiger partial charge < -0.3 is 14.9 Å². The zero-order valence-corrected chi connectivity index (χ0v) is 10.3. The number of carbonyl (C=O) groups excluding carboxylic acids is 1. The third-order valence-electron chi connectivity index (χ3n) is 2.01. The van der Waals surface area contributed by atoms with Crippen molar-refractivity contribution in [1.82, 2.24) is 10.2 Å². The first-order valence-electron chi connectivity index (χ1n) is 4.76. The number of hydrogen-bond acceptors (Lipinski definition) is 7. The van der Waals surface area contributed by atoms with E-state index < -0.39 is 11.5 Å². The van der Waals surface area contributed by atoms with E-state index in [4.69, 9.17) is 10.2 Å². The topological polar surface area (TPSA) is 91.2 Å². The molecule has 1 aromatic rings. The Morgan fingerprint density at radius 1 is 1.62 bits per heavy atom. The molecule has 16 heavy (non-hydrogen) atoms. The van der Waals surface area contributed by atoms with Gasteiger partial charge in [-0.15, -0.1) is 10.2 Å². The van der Waals surface area contributed by atoms with Gasteiger partial charge in [-0.2, -0.15) is 0 Å². The Kier molecular flexibility index (Phi) is 4.31. The summed E-state index contributed by atoms with van der Waals surface area (Å²) in [7, 11) is 1.32. The first-order chi connectivity index (χ1) is 7.45. The maximum atomic E-state index is 11.3. The van der Waals surface area contributed by atoms with Gasteiger partial charge in [-0.1, -0.05) is 11.8 Å². The number of carbonyl (C=O) groups is 1. The maximum absolute atomic E-state index is 11.3. The molecule has 1 unspecified atom stereocenters. The lowest BCUT2D eigenvalue weighted by molar-refractivity contribution is -0.146. The molecular formula is C9H15N3O3S. The molecule has 1 heterocycles. The number of esters is 1. The minimum absolute atomic E-state index is 0.421. The molecule has 0 aromatic carbocycles. The third-order valence-corrected chi connectivity index (χ3v) is 2.83. The molecule has 90 valence electrons. The quantitative estimate of drug-likeness (QED) is 0.604. The Hall–Kier alpha value is -1.08. The van der Waals surface area contributed by atoms with Gasteiger partial charge in [0.1, 0.15) is 5.54 Å². The number of aryl methyl sites for hydroxylation is 1. The summed E-state index contributed by atoms with van der Waals surface area (Å²) in [6.07, 6.45) is 0.478. The Morgan fingerprint density at radius 2 is 2.31 bits per heavy atom. The summed E-state index contributed by atoms with van der Waals surface area (Å²) in [5.41, 5.74) is 4.81. The fourth-order valence-corrected chi connectivity index (χ4v) is 2.00. The van der Waals surface area contributed by atoms with E-state index in [-0.39, 0.29) is 0 Å². The van der Waals surface area contributed by atoms with Gasteiger partial charge in [0.05, 0.1) is 7.11 Å². The van der Waals surface area contributed by atoms with Crippen LogP contribution in [0.4, 0.5) is 0 Å². The van der Waals surface area contributed by atoms with Crippen LogP contribution in [0.5, 0.6) is 0 Å². The second kappa shape index (κ2) is 5.31. The van der Waals surface area contributed by atoms with Crippen LogP contribution in [-0.2, 0) is 9.53 Å². The molecule has 1 rings (SSSR count). The van der Waals surface area contributed by atoms with Crippen LogP contribution in [0.3, 0.4) is 0 Å². The van der Waals surface area contributed by atoms with Crippen LogP contribution < -0.4 is 5.73 Å². The number of nitrogens with two attached hydrogens (primary N) is 1. The molecule has 2 N–H and O–H groups in total. The van der Waals surface area contributed by atoms with E-state index in [1.807, 2.05) is 0 Å². The Bertz CT molecular complexity index is 365. The summed E-state index contributed by atoms with van der Waals surface area (Å²) in [5, 5.41) is 8.00. The van der Waals surface area contributed by atoms with Crippen LogP contribution in [-0.4, -0.2) is 34.6 Å². The van der Waals surface area contributed by atoms with E-state index in [1.54, 1.807) is 13.8 Å². The molecule has 1 atom stereocenters. The number of aromatic nitrogens is 2. The summed E-state index contributed by atoms with van der Waals surface area (Å²) >= 11 is 1.37. The van der Waals surface area contributed by atoms with Crippen LogP contribution in [0.25, 0.3) is 0 Å². The summed E-state index contributed by atoms with van der Waals surface area (Å²) in [6, 6.07) is 0. The normalized spacial score (nSPS) is 14.5. The lowest BCUT2D eigenvalue weighted by atomic mass is 10.0. The van der Waals surface area contributed by atoms with Crippen LogP contribution in [0.2, 0.25) is 0 Å². The van der Waals surface area contributed by atoms with Crippen molar-refractivity contribution in [1.29, 1.82) is 0 Å². The van der Waals surface area contributed by atoms with Gasteiger partial charge in [0.15, 0.2) is 0 Å². The van der Waals surface area contributed by atoms with Crippen molar-refractivity contribution in [2.75, 3.05) is 12.9 Å². The molecule has 0 radical (unpaired) electrons. The summed E-state index contributed by atoms with van der Waals surface area (Å²) in [4.78, 5) is 11.3. The first kappa shape index (κ1) is 13.0. The number of ether oxygens (including phenoxy) is 1. The van der Waals surface area contributed by atoms with Gasteiger partial charge >= 0.3 is 5.97 Å². The molecule has 0 aliphatic heterocycles. The summed E-state index contributed by atoms with van der Waals surface area (Å²) in [6.45, 7) is 3.36. The second-order valence-corrected chi connectivity index (χ2v) is 4.64. The van der Waals surface area contributed by atoms with Crippen LogP contribution >= 0.6 is 11.8 Å². The van der Waals surface area contributed by atoms with Crippen molar-refractivity contribution >= 4 is 17.7 Å².